The van der Waals surface area contributed by atoms with E-state index in [-0.39, 0.29) is 0 Å². The summed E-state index contributed by atoms with van der Waals surface area (Å²) in [6, 6.07) is 5.25. The van der Waals surface area contributed by atoms with Gasteiger partial charge in [-0.15, -0.1) is 4.91 Å². The molecule has 1 saturated heterocycles. The number of piperazine rings is 1. The van der Waals surface area contributed by atoms with Crippen LogP contribution in [0.15, 0.2) is 23.4 Å². The highest BCUT2D eigenvalue weighted by Crippen LogP contribution is 2.23. The monoisotopic (exact) mass is 263 g/mol. The van der Waals surface area contributed by atoms with E-state index in [2.05, 4.69) is 22.0 Å². The average Bonchev–Trinajstić information content (AvgIpc) is 2.42. The first-order chi connectivity index (χ1) is 9.19. The second-order valence-corrected chi connectivity index (χ2v) is 5.03. The number of likely N-dealkylation sites (N-methyl/N-ethyl adjacent to an activating group) is 1. The number of hydrogen-bond donors (Lipinski definition) is 0. The Morgan fingerprint density at radius 2 is 2.00 bits per heavy atom. The van der Waals surface area contributed by atoms with Crippen LogP contribution in [0.2, 0.25) is 0 Å². The lowest BCUT2D eigenvalue weighted by Crippen LogP contribution is -2.45. The molecule has 1 aliphatic heterocycles. The van der Waals surface area contributed by atoms with Crippen molar-refractivity contribution >= 4 is 5.69 Å². The summed E-state index contributed by atoms with van der Waals surface area (Å²) in [5, 5.41) is 2.91. The van der Waals surface area contributed by atoms with Gasteiger partial charge in [0, 0.05) is 32.7 Å². The Hall–Kier alpha value is -1.46. The Morgan fingerprint density at radius 3 is 2.63 bits per heavy atom. The molecule has 0 N–H and O–H groups in total. The maximum absolute atomic E-state index is 10.4. The third-order valence-corrected chi connectivity index (χ3v) is 3.52. The highest BCUT2D eigenvalue weighted by Gasteiger charge is 2.13. The zero-order valence-electron chi connectivity index (χ0n) is 11.6. The Bertz CT molecular complexity index is 429. The van der Waals surface area contributed by atoms with Gasteiger partial charge in [0.1, 0.15) is 18.0 Å². The molecule has 0 atom stereocenters. The molecule has 1 heterocycles. The molecule has 1 aromatic carbocycles. The first-order valence-electron chi connectivity index (χ1n) is 6.67. The molecule has 0 amide bonds. The average molecular weight is 263 g/mol. The summed E-state index contributed by atoms with van der Waals surface area (Å²) in [6.45, 7) is 8.01. The number of nitrogens with zero attached hydrogens (tertiary/aromatic N) is 3. The van der Waals surface area contributed by atoms with E-state index in [0.717, 1.165) is 44.0 Å². The minimum Gasteiger partial charge on any atom is -0.492 e. The quantitative estimate of drug-likeness (QED) is 0.762. The second-order valence-electron chi connectivity index (χ2n) is 5.03. The van der Waals surface area contributed by atoms with Gasteiger partial charge < -0.3 is 9.64 Å². The molecule has 0 saturated carbocycles. The van der Waals surface area contributed by atoms with E-state index in [1.807, 2.05) is 13.0 Å². The minimum atomic E-state index is 0.448. The Balaban J connectivity index is 1.78. The van der Waals surface area contributed by atoms with Crippen LogP contribution in [-0.2, 0) is 0 Å². The van der Waals surface area contributed by atoms with Crippen LogP contribution in [0.4, 0.5) is 5.69 Å². The van der Waals surface area contributed by atoms with Crippen LogP contribution in [0.25, 0.3) is 0 Å². The van der Waals surface area contributed by atoms with E-state index in [9.17, 15) is 4.91 Å². The van der Waals surface area contributed by atoms with Gasteiger partial charge in [-0.2, -0.15) is 0 Å². The van der Waals surface area contributed by atoms with Crippen molar-refractivity contribution in [2.75, 3.05) is 46.4 Å². The smallest absolute Gasteiger partial charge is 0.122 e. The van der Waals surface area contributed by atoms with Gasteiger partial charge in [0.2, 0.25) is 0 Å². The van der Waals surface area contributed by atoms with Gasteiger partial charge >= 0.3 is 0 Å². The van der Waals surface area contributed by atoms with E-state index in [1.165, 1.54) is 0 Å². The predicted octanol–water partition coefficient (Wildman–Crippen LogP) is 2.02. The fourth-order valence-corrected chi connectivity index (χ4v) is 2.21. The maximum atomic E-state index is 10.4. The number of ether oxygens (including phenoxy) is 1. The van der Waals surface area contributed by atoms with E-state index in [0.29, 0.717) is 12.3 Å². The first kappa shape index (κ1) is 14.0. The van der Waals surface area contributed by atoms with E-state index >= 15 is 0 Å². The molecule has 5 heteroatoms. The molecule has 2 rings (SSSR count). The van der Waals surface area contributed by atoms with Crippen molar-refractivity contribution in [3.63, 3.8) is 0 Å². The van der Waals surface area contributed by atoms with Crippen molar-refractivity contribution in [2.24, 2.45) is 5.18 Å². The zero-order chi connectivity index (χ0) is 13.7. The summed E-state index contributed by atoms with van der Waals surface area (Å²) in [6.07, 6.45) is 0. The van der Waals surface area contributed by atoms with Crippen LogP contribution >= 0.6 is 0 Å². The van der Waals surface area contributed by atoms with E-state index < -0.39 is 0 Å². The van der Waals surface area contributed by atoms with Crippen LogP contribution in [-0.4, -0.2) is 56.2 Å². The van der Waals surface area contributed by atoms with Crippen LogP contribution in [0, 0.1) is 11.8 Å². The molecule has 0 unspecified atom stereocenters. The van der Waals surface area contributed by atoms with Gasteiger partial charge in [0.05, 0.1) is 0 Å². The molecule has 0 aliphatic carbocycles. The number of rotatable bonds is 5. The van der Waals surface area contributed by atoms with Crippen molar-refractivity contribution < 1.29 is 4.74 Å². The van der Waals surface area contributed by atoms with Crippen molar-refractivity contribution in [3.05, 3.63) is 28.7 Å². The molecule has 0 bridgehead atoms. The molecule has 0 aromatic heterocycles. The van der Waals surface area contributed by atoms with Gasteiger partial charge in [0.15, 0.2) is 0 Å². The predicted molar refractivity (Wildman–Crippen MR) is 76.1 cm³/mol. The molecule has 1 aliphatic rings. The number of benzene rings is 1. The Morgan fingerprint density at radius 1 is 1.26 bits per heavy atom. The Kier molecular flexibility index (Phi) is 4.87. The molecule has 1 fully saturated rings. The van der Waals surface area contributed by atoms with Crippen molar-refractivity contribution in [1.82, 2.24) is 9.80 Å². The summed E-state index contributed by atoms with van der Waals surface area (Å²) >= 11 is 0. The fourth-order valence-electron chi connectivity index (χ4n) is 2.21. The highest BCUT2D eigenvalue weighted by atomic mass is 16.5. The van der Waals surface area contributed by atoms with Crippen molar-refractivity contribution in [2.45, 2.75) is 6.92 Å². The van der Waals surface area contributed by atoms with Crippen LogP contribution < -0.4 is 4.74 Å². The number of aryl methyl sites for hydroxylation is 1. The van der Waals surface area contributed by atoms with Crippen LogP contribution in [0.5, 0.6) is 5.75 Å². The standard InChI is InChI=1S/C14H21N3O2/c1-12-11-13(15-18)3-4-14(12)19-10-9-17-7-5-16(2)6-8-17/h3-4,11H,5-10H2,1-2H3. The molecule has 104 valence electrons. The largest absolute Gasteiger partial charge is 0.492 e. The molecule has 0 spiro atoms. The summed E-state index contributed by atoms with van der Waals surface area (Å²) in [7, 11) is 2.15. The fraction of sp³-hybridized carbons (Fsp3) is 0.571. The molecule has 1 aromatic rings. The van der Waals surface area contributed by atoms with E-state index in [4.69, 9.17) is 4.74 Å². The minimum absolute atomic E-state index is 0.448. The second kappa shape index (κ2) is 6.63. The van der Waals surface area contributed by atoms with Gasteiger partial charge in [-0.3, -0.25) is 4.90 Å². The van der Waals surface area contributed by atoms with Gasteiger partial charge in [-0.1, -0.05) is 0 Å². The summed E-state index contributed by atoms with van der Waals surface area (Å²) in [5.41, 5.74) is 1.40. The zero-order valence-corrected chi connectivity index (χ0v) is 11.6. The lowest BCUT2D eigenvalue weighted by molar-refractivity contribution is 0.133. The van der Waals surface area contributed by atoms with Crippen molar-refractivity contribution in [1.29, 1.82) is 0 Å². The molecule has 0 radical (unpaired) electrons. The number of hydrogen-bond acceptors (Lipinski definition) is 5. The first-order valence-corrected chi connectivity index (χ1v) is 6.67. The topological polar surface area (TPSA) is 45.1 Å². The lowest BCUT2D eigenvalue weighted by Gasteiger charge is -2.32. The van der Waals surface area contributed by atoms with Gasteiger partial charge in [-0.25, -0.2) is 0 Å². The highest BCUT2D eigenvalue weighted by molar-refractivity contribution is 5.46. The normalized spacial score (nSPS) is 17.4. The third kappa shape index (κ3) is 4.01. The van der Waals surface area contributed by atoms with Crippen molar-refractivity contribution in [3.8, 4) is 5.75 Å². The molecular formula is C14H21N3O2. The summed E-state index contributed by atoms with van der Waals surface area (Å²) in [5.74, 6) is 0.835. The molecule has 19 heavy (non-hydrogen) atoms. The van der Waals surface area contributed by atoms with Crippen LogP contribution in [0.3, 0.4) is 0 Å². The third-order valence-electron chi connectivity index (χ3n) is 3.52. The van der Waals surface area contributed by atoms with E-state index in [1.54, 1.807) is 12.1 Å². The van der Waals surface area contributed by atoms with Gasteiger partial charge in [-0.05, 0) is 42.9 Å². The maximum Gasteiger partial charge on any atom is 0.122 e. The van der Waals surface area contributed by atoms with Crippen LogP contribution in [0.1, 0.15) is 5.56 Å². The van der Waals surface area contributed by atoms with Gasteiger partial charge in [0.25, 0.3) is 0 Å². The molecular weight excluding hydrogens is 242 g/mol. The SMILES string of the molecule is Cc1cc(N=O)ccc1OCCN1CCN(C)CC1. The summed E-state index contributed by atoms with van der Waals surface area (Å²) in [4.78, 5) is 15.2. The number of nitroso groups, excluding NO2 is 1. The Labute approximate surface area is 114 Å². The molecule has 5 nitrogen and oxygen atoms in total. The lowest BCUT2D eigenvalue weighted by atomic mass is 10.2. The summed E-state index contributed by atoms with van der Waals surface area (Å²) < 4.78 is 5.77.